The number of thiazole rings is 1. The van der Waals surface area contributed by atoms with E-state index in [9.17, 15) is 9.90 Å². The highest BCUT2D eigenvalue weighted by atomic mass is 32.1. The van der Waals surface area contributed by atoms with Gasteiger partial charge in [-0.15, -0.1) is 11.3 Å². The molecule has 0 bridgehead atoms. The van der Waals surface area contributed by atoms with Crippen LogP contribution in [0.1, 0.15) is 11.4 Å². The van der Waals surface area contributed by atoms with Crippen molar-refractivity contribution in [1.29, 1.82) is 0 Å². The standard InChI is InChI=1S/C18H14N2O2S/c1-11-10-23-18-19-17(15(20(11)18)9-16(21)22)14-7-6-12-4-2-3-5-13(12)8-14/h2-8,10H,9H2,1H3,(H,21,22). The number of aryl methyl sites for hydroxylation is 1. The van der Waals surface area contributed by atoms with E-state index in [0.29, 0.717) is 0 Å². The van der Waals surface area contributed by atoms with Crippen LogP contribution in [-0.4, -0.2) is 20.5 Å². The van der Waals surface area contributed by atoms with Gasteiger partial charge in [-0.25, -0.2) is 4.98 Å². The number of aliphatic carboxylic acids is 1. The molecule has 0 radical (unpaired) electrons. The van der Waals surface area contributed by atoms with Crippen molar-refractivity contribution in [2.45, 2.75) is 13.3 Å². The Labute approximate surface area is 136 Å². The van der Waals surface area contributed by atoms with E-state index in [1.54, 1.807) is 0 Å². The molecule has 4 aromatic rings. The van der Waals surface area contributed by atoms with Crippen molar-refractivity contribution < 1.29 is 9.90 Å². The van der Waals surface area contributed by atoms with E-state index >= 15 is 0 Å². The van der Waals surface area contributed by atoms with Crippen LogP contribution in [0.15, 0.2) is 47.8 Å². The molecule has 23 heavy (non-hydrogen) atoms. The minimum absolute atomic E-state index is 0.0408. The SMILES string of the molecule is Cc1csc2nc(-c3ccc4ccccc4c3)c(CC(=O)O)n12. The Morgan fingerprint density at radius 2 is 2.00 bits per heavy atom. The summed E-state index contributed by atoms with van der Waals surface area (Å²) in [6.45, 7) is 1.97. The topological polar surface area (TPSA) is 54.6 Å². The molecule has 0 aliphatic carbocycles. The molecule has 0 aliphatic rings. The third kappa shape index (κ3) is 2.29. The number of carboxylic acids is 1. The molecule has 0 saturated heterocycles. The Bertz CT molecular complexity index is 1050. The van der Waals surface area contributed by atoms with Gasteiger partial charge in [0.1, 0.15) is 0 Å². The molecule has 0 aliphatic heterocycles. The first-order chi connectivity index (χ1) is 11.1. The lowest BCUT2D eigenvalue weighted by Crippen LogP contribution is -2.05. The molecule has 2 aromatic heterocycles. The molecular weight excluding hydrogens is 308 g/mol. The summed E-state index contributed by atoms with van der Waals surface area (Å²) >= 11 is 1.53. The average molecular weight is 322 g/mol. The van der Waals surface area contributed by atoms with Gasteiger partial charge in [-0.3, -0.25) is 9.20 Å². The number of imidazole rings is 1. The highest BCUT2D eigenvalue weighted by Gasteiger charge is 2.19. The van der Waals surface area contributed by atoms with Crippen molar-refractivity contribution in [3.05, 3.63) is 59.2 Å². The molecule has 0 unspecified atom stereocenters. The second kappa shape index (κ2) is 5.21. The number of hydrogen-bond donors (Lipinski definition) is 1. The Morgan fingerprint density at radius 3 is 2.78 bits per heavy atom. The Balaban J connectivity index is 1.97. The molecule has 0 atom stereocenters. The number of nitrogens with zero attached hydrogens (tertiary/aromatic N) is 2. The predicted molar refractivity (Wildman–Crippen MR) is 92.1 cm³/mol. The fourth-order valence-electron chi connectivity index (χ4n) is 2.94. The molecule has 2 aromatic carbocycles. The van der Waals surface area contributed by atoms with Crippen molar-refractivity contribution in [1.82, 2.24) is 9.38 Å². The van der Waals surface area contributed by atoms with Crippen LogP contribution in [-0.2, 0) is 11.2 Å². The lowest BCUT2D eigenvalue weighted by atomic mass is 10.0. The summed E-state index contributed by atoms with van der Waals surface area (Å²) < 4.78 is 1.95. The molecule has 0 fully saturated rings. The quantitative estimate of drug-likeness (QED) is 0.616. The molecule has 0 saturated carbocycles. The monoisotopic (exact) mass is 322 g/mol. The molecule has 4 rings (SSSR count). The maximum absolute atomic E-state index is 11.3. The van der Waals surface area contributed by atoms with Crippen molar-refractivity contribution >= 4 is 33.0 Å². The largest absolute Gasteiger partial charge is 0.481 e. The Kier molecular flexibility index (Phi) is 3.16. The minimum Gasteiger partial charge on any atom is -0.481 e. The van der Waals surface area contributed by atoms with Crippen LogP contribution < -0.4 is 0 Å². The molecular formula is C18H14N2O2S. The number of benzene rings is 2. The summed E-state index contributed by atoms with van der Waals surface area (Å²) in [4.78, 5) is 16.8. The van der Waals surface area contributed by atoms with Crippen LogP contribution in [0.25, 0.3) is 27.0 Å². The smallest absolute Gasteiger partial charge is 0.309 e. The highest BCUT2D eigenvalue weighted by molar-refractivity contribution is 7.15. The van der Waals surface area contributed by atoms with E-state index in [2.05, 4.69) is 29.2 Å². The molecule has 5 heteroatoms. The Hall–Kier alpha value is -2.66. The number of carboxylic acid groups (broad SMARTS) is 1. The summed E-state index contributed by atoms with van der Waals surface area (Å²) in [5, 5.41) is 13.6. The van der Waals surface area contributed by atoms with Gasteiger partial charge in [0.25, 0.3) is 0 Å². The zero-order valence-electron chi connectivity index (χ0n) is 12.5. The van der Waals surface area contributed by atoms with Crippen molar-refractivity contribution in [2.24, 2.45) is 0 Å². The number of fused-ring (bicyclic) bond motifs is 2. The summed E-state index contributed by atoms with van der Waals surface area (Å²) in [6.07, 6.45) is -0.0408. The van der Waals surface area contributed by atoms with Crippen LogP contribution in [0.4, 0.5) is 0 Å². The predicted octanol–water partition coefficient (Wildman–Crippen LogP) is 4.15. The second-order valence-electron chi connectivity index (χ2n) is 5.53. The second-order valence-corrected chi connectivity index (χ2v) is 6.37. The van der Waals surface area contributed by atoms with E-state index < -0.39 is 5.97 Å². The summed E-state index contributed by atoms with van der Waals surface area (Å²) in [5.74, 6) is -0.848. The van der Waals surface area contributed by atoms with Crippen LogP contribution in [0.2, 0.25) is 0 Å². The van der Waals surface area contributed by atoms with Gasteiger partial charge >= 0.3 is 5.97 Å². The van der Waals surface area contributed by atoms with E-state index in [1.807, 2.05) is 34.9 Å². The lowest BCUT2D eigenvalue weighted by Gasteiger charge is -2.05. The molecule has 114 valence electrons. The molecule has 2 heterocycles. The van der Waals surface area contributed by atoms with E-state index in [0.717, 1.165) is 38.4 Å². The van der Waals surface area contributed by atoms with Crippen molar-refractivity contribution in [3.8, 4) is 11.3 Å². The molecule has 4 nitrogen and oxygen atoms in total. The first-order valence-corrected chi connectivity index (χ1v) is 8.18. The molecule has 0 spiro atoms. The lowest BCUT2D eigenvalue weighted by molar-refractivity contribution is -0.136. The van der Waals surface area contributed by atoms with Crippen LogP contribution in [0.3, 0.4) is 0 Å². The third-order valence-corrected chi connectivity index (χ3v) is 4.91. The third-order valence-electron chi connectivity index (χ3n) is 3.97. The van der Waals surface area contributed by atoms with Gasteiger partial charge in [0.15, 0.2) is 4.96 Å². The Morgan fingerprint density at radius 1 is 1.22 bits per heavy atom. The van der Waals surface area contributed by atoms with Crippen LogP contribution in [0, 0.1) is 6.92 Å². The molecule has 1 N–H and O–H groups in total. The van der Waals surface area contributed by atoms with Gasteiger partial charge in [-0.2, -0.15) is 0 Å². The number of carbonyl (C=O) groups is 1. The van der Waals surface area contributed by atoms with E-state index in [1.165, 1.54) is 11.3 Å². The number of rotatable bonds is 3. The van der Waals surface area contributed by atoms with Crippen LogP contribution in [0.5, 0.6) is 0 Å². The van der Waals surface area contributed by atoms with Gasteiger partial charge in [0, 0.05) is 16.6 Å². The molecule has 0 amide bonds. The van der Waals surface area contributed by atoms with Crippen molar-refractivity contribution in [2.75, 3.05) is 0 Å². The minimum atomic E-state index is -0.848. The van der Waals surface area contributed by atoms with Crippen LogP contribution >= 0.6 is 11.3 Å². The van der Waals surface area contributed by atoms with Gasteiger partial charge in [0.2, 0.25) is 0 Å². The maximum atomic E-state index is 11.3. The first-order valence-electron chi connectivity index (χ1n) is 7.30. The zero-order valence-corrected chi connectivity index (χ0v) is 13.3. The zero-order chi connectivity index (χ0) is 16.0. The number of hydrogen-bond acceptors (Lipinski definition) is 3. The fourth-order valence-corrected chi connectivity index (χ4v) is 3.82. The van der Waals surface area contributed by atoms with Gasteiger partial charge in [0.05, 0.1) is 17.8 Å². The van der Waals surface area contributed by atoms with E-state index in [-0.39, 0.29) is 6.42 Å². The normalized spacial score (nSPS) is 11.3. The van der Waals surface area contributed by atoms with Crippen molar-refractivity contribution in [3.63, 3.8) is 0 Å². The summed E-state index contributed by atoms with van der Waals surface area (Å²) in [6, 6.07) is 14.3. The van der Waals surface area contributed by atoms with E-state index in [4.69, 9.17) is 0 Å². The fraction of sp³-hybridized carbons (Fsp3) is 0.111. The maximum Gasteiger partial charge on any atom is 0.309 e. The van der Waals surface area contributed by atoms with Gasteiger partial charge in [-0.05, 0) is 23.8 Å². The summed E-state index contributed by atoms with van der Waals surface area (Å²) in [5.41, 5.74) is 3.46. The average Bonchev–Trinajstić information content (AvgIpc) is 3.07. The van der Waals surface area contributed by atoms with Gasteiger partial charge < -0.3 is 5.11 Å². The van der Waals surface area contributed by atoms with Gasteiger partial charge in [-0.1, -0.05) is 36.4 Å². The first kappa shape index (κ1) is 14.0. The summed E-state index contributed by atoms with van der Waals surface area (Å²) in [7, 11) is 0. The highest BCUT2D eigenvalue weighted by Crippen LogP contribution is 2.30. The number of aromatic nitrogens is 2.